The van der Waals surface area contributed by atoms with Gasteiger partial charge in [-0.1, -0.05) is 18.2 Å². The van der Waals surface area contributed by atoms with E-state index in [0.717, 1.165) is 17.7 Å². The summed E-state index contributed by atoms with van der Waals surface area (Å²) in [5.74, 6) is -4.14. The van der Waals surface area contributed by atoms with Crippen LogP contribution in [0.3, 0.4) is 0 Å². The molecule has 0 aliphatic carbocycles. The van der Waals surface area contributed by atoms with Crippen molar-refractivity contribution in [3.8, 4) is 5.75 Å². The molecule has 0 unspecified atom stereocenters. The molecule has 0 fully saturated rings. The summed E-state index contributed by atoms with van der Waals surface area (Å²) in [5.41, 5.74) is 0.590. The van der Waals surface area contributed by atoms with Crippen molar-refractivity contribution in [2.24, 2.45) is 0 Å². The standard InChI is InChI=1S/C17H16F2N2O3/c18-13-4-1-5-14(15(13)19)21-17(24)16(23)20-10-2-3-11-6-8-12(22)9-7-11/h1,4-9,22H,2-3,10H2,(H,20,23)(H,21,24). The molecule has 0 aromatic heterocycles. The monoisotopic (exact) mass is 334 g/mol. The number of phenolic OH excluding ortho intramolecular Hbond substituents is 1. The van der Waals surface area contributed by atoms with Gasteiger partial charge in [0, 0.05) is 6.54 Å². The summed E-state index contributed by atoms with van der Waals surface area (Å²) in [6.07, 6.45) is 1.23. The minimum absolute atomic E-state index is 0.174. The van der Waals surface area contributed by atoms with Crippen LogP contribution in [0.1, 0.15) is 12.0 Å². The van der Waals surface area contributed by atoms with E-state index in [1.165, 1.54) is 6.07 Å². The first-order chi connectivity index (χ1) is 11.5. The van der Waals surface area contributed by atoms with Gasteiger partial charge in [-0.25, -0.2) is 8.78 Å². The number of rotatable bonds is 5. The topological polar surface area (TPSA) is 78.4 Å². The Balaban J connectivity index is 1.76. The fraction of sp³-hybridized carbons (Fsp3) is 0.176. The minimum Gasteiger partial charge on any atom is -0.508 e. The summed E-state index contributed by atoms with van der Waals surface area (Å²) in [5, 5.41) is 13.6. The van der Waals surface area contributed by atoms with Crippen LogP contribution in [0.5, 0.6) is 5.75 Å². The Morgan fingerprint density at radius 3 is 2.42 bits per heavy atom. The second-order valence-corrected chi connectivity index (χ2v) is 5.08. The Hall–Kier alpha value is -2.96. The third-order valence-electron chi connectivity index (χ3n) is 3.27. The molecule has 0 spiro atoms. The predicted octanol–water partition coefficient (Wildman–Crippen LogP) is 2.36. The number of carbonyl (C=O) groups is 2. The fourth-order valence-corrected chi connectivity index (χ4v) is 2.02. The molecule has 2 rings (SSSR count). The number of anilines is 1. The third-order valence-corrected chi connectivity index (χ3v) is 3.27. The quantitative estimate of drug-likeness (QED) is 0.580. The maximum atomic E-state index is 13.4. The Labute approximate surface area is 137 Å². The van der Waals surface area contributed by atoms with Crippen molar-refractivity contribution >= 4 is 17.5 Å². The normalized spacial score (nSPS) is 10.2. The fourth-order valence-electron chi connectivity index (χ4n) is 2.02. The number of amides is 2. The number of aromatic hydroxyl groups is 1. The lowest BCUT2D eigenvalue weighted by molar-refractivity contribution is -0.136. The number of hydrogen-bond acceptors (Lipinski definition) is 3. The van der Waals surface area contributed by atoms with Gasteiger partial charge in [0.1, 0.15) is 5.75 Å². The number of phenols is 1. The molecule has 2 aromatic rings. The van der Waals surface area contributed by atoms with Crippen LogP contribution in [-0.4, -0.2) is 23.5 Å². The van der Waals surface area contributed by atoms with E-state index in [1.807, 2.05) is 5.32 Å². The molecule has 7 heteroatoms. The van der Waals surface area contributed by atoms with Gasteiger partial charge in [-0.3, -0.25) is 9.59 Å². The minimum atomic E-state index is -1.22. The van der Waals surface area contributed by atoms with Crippen molar-refractivity contribution in [3.05, 3.63) is 59.7 Å². The zero-order valence-corrected chi connectivity index (χ0v) is 12.7. The van der Waals surface area contributed by atoms with Gasteiger partial charge in [-0.05, 0) is 42.7 Å². The predicted molar refractivity (Wildman–Crippen MR) is 84.4 cm³/mol. The highest BCUT2D eigenvalue weighted by molar-refractivity contribution is 6.39. The molecule has 2 aromatic carbocycles. The van der Waals surface area contributed by atoms with Crippen molar-refractivity contribution in [1.82, 2.24) is 5.32 Å². The highest BCUT2D eigenvalue weighted by Gasteiger charge is 2.16. The first-order valence-electron chi connectivity index (χ1n) is 7.28. The zero-order chi connectivity index (χ0) is 17.5. The summed E-state index contributed by atoms with van der Waals surface area (Å²) in [6, 6.07) is 9.95. The molecule has 0 saturated carbocycles. The zero-order valence-electron chi connectivity index (χ0n) is 12.7. The molecule has 0 bridgehead atoms. The van der Waals surface area contributed by atoms with E-state index in [9.17, 15) is 18.4 Å². The van der Waals surface area contributed by atoms with E-state index >= 15 is 0 Å². The summed E-state index contributed by atoms with van der Waals surface area (Å²) >= 11 is 0. The molecule has 24 heavy (non-hydrogen) atoms. The Morgan fingerprint density at radius 2 is 1.71 bits per heavy atom. The number of carbonyl (C=O) groups excluding carboxylic acids is 2. The number of hydrogen-bond donors (Lipinski definition) is 3. The smallest absolute Gasteiger partial charge is 0.313 e. The Kier molecular flexibility index (Phi) is 5.83. The maximum Gasteiger partial charge on any atom is 0.313 e. The molecule has 0 aliphatic rings. The van der Waals surface area contributed by atoms with Crippen LogP contribution >= 0.6 is 0 Å². The molecule has 0 radical (unpaired) electrons. The lowest BCUT2D eigenvalue weighted by Gasteiger charge is -2.07. The average Bonchev–Trinajstić information content (AvgIpc) is 2.57. The van der Waals surface area contributed by atoms with E-state index in [4.69, 9.17) is 5.11 Å². The second-order valence-electron chi connectivity index (χ2n) is 5.08. The number of benzene rings is 2. The molecule has 3 N–H and O–H groups in total. The number of aryl methyl sites for hydroxylation is 1. The van der Waals surface area contributed by atoms with Crippen LogP contribution in [0, 0.1) is 11.6 Å². The Morgan fingerprint density at radius 1 is 1.00 bits per heavy atom. The molecular weight excluding hydrogens is 318 g/mol. The number of nitrogens with one attached hydrogen (secondary N) is 2. The molecule has 0 aliphatic heterocycles. The van der Waals surface area contributed by atoms with Crippen molar-refractivity contribution in [2.45, 2.75) is 12.8 Å². The molecule has 0 heterocycles. The van der Waals surface area contributed by atoms with Gasteiger partial charge in [0.15, 0.2) is 11.6 Å². The van der Waals surface area contributed by atoms with E-state index in [-0.39, 0.29) is 18.0 Å². The van der Waals surface area contributed by atoms with E-state index in [1.54, 1.807) is 24.3 Å². The molecule has 2 amide bonds. The number of halogens is 2. The van der Waals surface area contributed by atoms with E-state index < -0.39 is 23.4 Å². The van der Waals surface area contributed by atoms with Crippen molar-refractivity contribution in [1.29, 1.82) is 0 Å². The molecule has 5 nitrogen and oxygen atoms in total. The van der Waals surface area contributed by atoms with Gasteiger partial charge in [-0.2, -0.15) is 0 Å². The van der Waals surface area contributed by atoms with E-state index in [0.29, 0.717) is 12.8 Å². The van der Waals surface area contributed by atoms with Gasteiger partial charge in [0.2, 0.25) is 0 Å². The molecular formula is C17H16F2N2O3. The van der Waals surface area contributed by atoms with Gasteiger partial charge < -0.3 is 15.7 Å². The van der Waals surface area contributed by atoms with Crippen LogP contribution in [0.2, 0.25) is 0 Å². The highest BCUT2D eigenvalue weighted by atomic mass is 19.2. The van der Waals surface area contributed by atoms with Crippen LogP contribution in [0.25, 0.3) is 0 Å². The first-order valence-corrected chi connectivity index (χ1v) is 7.28. The summed E-state index contributed by atoms with van der Waals surface area (Å²) in [4.78, 5) is 23.3. The first kappa shape index (κ1) is 17.4. The van der Waals surface area contributed by atoms with Crippen LogP contribution in [0.15, 0.2) is 42.5 Å². The maximum absolute atomic E-state index is 13.4. The molecule has 0 atom stereocenters. The SMILES string of the molecule is O=C(NCCCc1ccc(O)cc1)C(=O)Nc1cccc(F)c1F. The van der Waals surface area contributed by atoms with Crippen molar-refractivity contribution in [2.75, 3.05) is 11.9 Å². The van der Waals surface area contributed by atoms with Gasteiger partial charge in [0.25, 0.3) is 0 Å². The van der Waals surface area contributed by atoms with Crippen molar-refractivity contribution in [3.63, 3.8) is 0 Å². The molecule has 0 saturated heterocycles. The van der Waals surface area contributed by atoms with Gasteiger partial charge in [-0.15, -0.1) is 0 Å². The summed E-state index contributed by atoms with van der Waals surface area (Å²) in [6.45, 7) is 0.249. The van der Waals surface area contributed by atoms with Gasteiger partial charge >= 0.3 is 11.8 Å². The van der Waals surface area contributed by atoms with Crippen LogP contribution in [0.4, 0.5) is 14.5 Å². The lowest BCUT2D eigenvalue weighted by atomic mass is 10.1. The lowest BCUT2D eigenvalue weighted by Crippen LogP contribution is -2.36. The van der Waals surface area contributed by atoms with Crippen LogP contribution < -0.4 is 10.6 Å². The van der Waals surface area contributed by atoms with E-state index in [2.05, 4.69) is 5.32 Å². The van der Waals surface area contributed by atoms with Gasteiger partial charge in [0.05, 0.1) is 5.69 Å². The largest absolute Gasteiger partial charge is 0.508 e. The average molecular weight is 334 g/mol. The van der Waals surface area contributed by atoms with Crippen molar-refractivity contribution < 1.29 is 23.5 Å². The Bertz CT molecular complexity index is 733. The highest BCUT2D eigenvalue weighted by Crippen LogP contribution is 2.16. The summed E-state index contributed by atoms with van der Waals surface area (Å²) in [7, 11) is 0. The third kappa shape index (κ3) is 4.77. The summed E-state index contributed by atoms with van der Waals surface area (Å²) < 4.78 is 26.4. The molecule has 126 valence electrons. The second kappa shape index (κ2) is 8.05. The van der Waals surface area contributed by atoms with Crippen LogP contribution in [-0.2, 0) is 16.0 Å².